The van der Waals surface area contributed by atoms with Crippen molar-refractivity contribution in [2.45, 2.75) is 11.6 Å². The maximum atomic E-state index is 13.4. The molecule has 1 aromatic carbocycles. The van der Waals surface area contributed by atoms with Gasteiger partial charge in [-0.05, 0) is 29.8 Å². The lowest BCUT2D eigenvalue weighted by atomic mass is 9.73. The number of amides is 2. The first-order chi connectivity index (χ1) is 15.4. The van der Waals surface area contributed by atoms with E-state index in [1.54, 1.807) is 12.1 Å². The van der Waals surface area contributed by atoms with E-state index in [0.717, 1.165) is 4.52 Å². The molecule has 0 atom stereocenters. The standard InChI is InChI=1S/C19H18F4N6O/c1-24-17(30)28-10-18(11-28,12-5-7-13(20)8-6-12)9-25-14-3-2-4-15-26-16(19(21,22)23)27-29(14)15/h2-8,25H,9-11H2,1H3,(H,24,30)/i1D3. The molecule has 30 heavy (non-hydrogen) atoms. The molecule has 2 amide bonds. The van der Waals surface area contributed by atoms with Crippen molar-refractivity contribution in [2.75, 3.05) is 31.9 Å². The minimum atomic E-state index is -4.71. The number of pyridine rings is 1. The van der Waals surface area contributed by atoms with Crippen LogP contribution in [0.4, 0.5) is 28.2 Å². The zero-order valence-corrected chi connectivity index (χ0v) is 15.4. The van der Waals surface area contributed by atoms with Gasteiger partial charge >= 0.3 is 12.2 Å². The summed E-state index contributed by atoms with van der Waals surface area (Å²) in [5.41, 5.74) is -0.0680. The van der Waals surface area contributed by atoms with Crippen molar-refractivity contribution in [3.05, 3.63) is 59.7 Å². The number of likely N-dealkylation sites (tertiary alicyclic amines) is 1. The third-order valence-electron chi connectivity index (χ3n) is 5.06. The summed E-state index contributed by atoms with van der Waals surface area (Å²) in [5.74, 6) is -1.49. The Morgan fingerprint density at radius 1 is 1.23 bits per heavy atom. The summed E-state index contributed by atoms with van der Waals surface area (Å²) in [6, 6.07) is 9.27. The van der Waals surface area contributed by atoms with Gasteiger partial charge in [0.25, 0.3) is 5.82 Å². The molecule has 1 fully saturated rings. The number of rotatable bonds is 4. The van der Waals surface area contributed by atoms with Gasteiger partial charge in [-0.15, -0.1) is 5.10 Å². The summed E-state index contributed by atoms with van der Waals surface area (Å²) in [5, 5.41) is 8.49. The van der Waals surface area contributed by atoms with Gasteiger partial charge < -0.3 is 15.5 Å². The number of nitrogens with zero attached hydrogens (tertiary/aromatic N) is 4. The minimum absolute atomic E-state index is 0.00421. The van der Waals surface area contributed by atoms with E-state index in [0.29, 0.717) is 5.56 Å². The predicted octanol–water partition coefficient (Wildman–Crippen LogP) is 2.89. The normalized spacial score (nSPS) is 17.6. The Balaban J connectivity index is 1.58. The summed E-state index contributed by atoms with van der Waals surface area (Å²) in [7, 11) is 0. The molecule has 0 radical (unpaired) electrons. The Kier molecular flexibility index (Phi) is 3.92. The number of carbonyl (C=O) groups excluding carboxylic acids is 1. The summed E-state index contributed by atoms with van der Waals surface area (Å²) in [6.45, 7) is -2.29. The van der Waals surface area contributed by atoms with Crippen molar-refractivity contribution in [1.29, 1.82) is 0 Å². The molecule has 2 N–H and O–H groups in total. The number of fused-ring (bicyclic) bond motifs is 1. The summed E-state index contributed by atoms with van der Waals surface area (Å²) in [4.78, 5) is 17.0. The van der Waals surface area contributed by atoms with E-state index in [1.165, 1.54) is 35.2 Å². The van der Waals surface area contributed by atoms with Gasteiger partial charge in [-0.3, -0.25) is 0 Å². The fourth-order valence-electron chi connectivity index (χ4n) is 3.53. The van der Waals surface area contributed by atoms with Crippen molar-refractivity contribution in [3.63, 3.8) is 0 Å². The number of aromatic nitrogens is 3. The van der Waals surface area contributed by atoms with Crippen molar-refractivity contribution in [1.82, 2.24) is 24.8 Å². The van der Waals surface area contributed by atoms with Crippen LogP contribution < -0.4 is 10.6 Å². The molecule has 4 rings (SSSR count). The van der Waals surface area contributed by atoms with E-state index in [9.17, 15) is 22.4 Å². The Morgan fingerprint density at radius 2 is 1.97 bits per heavy atom. The summed E-state index contributed by atoms with van der Waals surface area (Å²) >= 11 is 0. The maximum absolute atomic E-state index is 13.4. The van der Waals surface area contributed by atoms with Gasteiger partial charge in [0, 0.05) is 36.1 Å². The van der Waals surface area contributed by atoms with Crippen LogP contribution in [0.1, 0.15) is 15.5 Å². The third-order valence-corrected chi connectivity index (χ3v) is 5.06. The van der Waals surface area contributed by atoms with Gasteiger partial charge in [0.2, 0.25) is 0 Å². The molecule has 11 heteroatoms. The lowest BCUT2D eigenvalue weighted by molar-refractivity contribution is -0.144. The van der Waals surface area contributed by atoms with Crippen LogP contribution in [0.3, 0.4) is 0 Å². The maximum Gasteiger partial charge on any atom is 0.453 e. The molecular weight excluding hydrogens is 404 g/mol. The molecule has 2 aromatic heterocycles. The topological polar surface area (TPSA) is 74.6 Å². The number of hydrogen-bond acceptors (Lipinski definition) is 4. The van der Waals surface area contributed by atoms with E-state index >= 15 is 0 Å². The van der Waals surface area contributed by atoms with Gasteiger partial charge in [0.05, 0.1) is 0 Å². The monoisotopic (exact) mass is 425 g/mol. The number of halogens is 4. The average Bonchev–Trinajstić information content (AvgIpc) is 3.12. The predicted molar refractivity (Wildman–Crippen MR) is 101 cm³/mol. The summed E-state index contributed by atoms with van der Waals surface area (Å²) < 4.78 is 75.1. The summed E-state index contributed by atoms with van der Waals surface area (Å²) in [6.07, 6.45) is -4.71. The molecule has 0 saturated carbocycles. The zero-order valence-electron chi connectivity index (χ0n) is 18.4. The van der Waals surface area contributed by atoms with E-state index < -0.39 is 36.2 Å². The molecular formula is C19H18F4N6O. The molecule has 0 bridgehead atoms. The van der Waals surface area contributed by atoms with Crippen LogP contribution in [0.2, 0.25) is 0 Å². The van der Waals surface area contributed by atoms with Crippen molar-refractivity contribution in [2.24, 2.45) is 0 Å². The SMILES string of the molecule is [2H]C([2H])([2H])NC(=O)N1CC(CNc2cccc3nc(C(F)(F)F)nn23)(c2ccc(F)cc2)C1. The lowest BCUT2D eigenvalue weighted by Crippen LogP contribution is -2.65. The molecule has 0 aliphatic carbocycles. The van der Waals surface area contributed by atoms with E-state index in [4.69, 9.17) is 4.11 Å². The van der Waals surface area contributed by atoms with Crippen LogP contribution in [0, 0.1) is 5.82 Å². The highest BCUT2D eigenvalue weighted by Gasteiger charge is 2.46. The van der Waals surface area contributed by atoms with Crippen molar-refractivity contribution in [3.8, 4) is 0 Å². The molecule has 1 aliphatic rings. The lowest BCUT2D eigenvalue weighted by Gasteiger charge is -2.50. The molecule has 1 aliphatic heterocycles. The number of hydrogen-bond donors (Lipinski definition) is 2. The number of benzene rings is 1. The Hall–Kier alpha value is -3.37. The molecule has 0 spiro atoms. The quantitative estimate of drug-likeness (QED) is 0.631. The van der Waals surface area contributed by atoms with Crippen LogP contribution >= 0.6 is 0 Å². The Morgan fingerprint density at radius 3 is 2.63 bits per heavy atom. The second kappa shape index (κ2) is 7.15. The fraction of sp³-hybridized carbons (Fsp3) is 0.316. The molecule has 158 valence electrons. The number of carbonyl (C=O) groups is 1. The number of alkyl halides is 3. The Labute approximate surface area is 172 Å². The van der Waals surface area contributed by atoms with Gasteiger partial charge in [-0.25, -0.2) is 14.2 Å². The first-order valence-electron chi connectivity index (χ1n) is 10.4. The molecule has 0 unspecified atom stereocenters. The van der Waals surface area contributed by atoms with Crippen LogP contribution in [0.5, 0.6) is 0 Å². The number of nitrogens with one attached hydrogen (secondary N) is 2. The van der Waals surface area contributed by atoms with Crippen LogP contribution in [0.15, 0.2) is 42.5 Å². The number of anilines is 1. The average molecular weight is 425 g/mol. The highest BCUT2D eigenvalue weighted by molar-refractivity contribution is 5.75. The highest BCUT2D eigenvalue weighted by atomic mass is 19.4. The molecule has 3 aromatic rings. The van der Waals surface area contributed by atoms with Gasteiger partial charge in [0.15, 0.2) is 5.65 Å². The molecule has 1 saturated heterocycles. The zero-order chi connectivity index (χ0) is 24.0. The minimum Gasteiger partial charge on any atom is -0.369 e. The third kappa shape index (κ3) is 3.51. The molecule has 3 heterocycles. The van der Waals surface area contributed by atoms with Gasteiger partial charge in [-0.1, -0.05) is 18.2 Å². The van der Waals surface area contributed by atoms with Gasteiger partial charge in [-0.2, -0.15) is 17.7 Å². The first kappa shape index (κ1) is 16.4. The van der Waals surface area contributed by atoms with E-state index in [-0.39, 0.29) is 31.1 Å². The highest BCUT2D eigenvalue weighted by Crippen LogP contribution is 2.35. The largest absolute Gasteiger partial charge is 0.453 e. The van der Waals surface area contributed by atoms with Gasteiger partial charge in [0.1, 0.15) is 11.6 Å². The van der Waals surface area contributed by atoms with Crippen LogP contribution in [-0.4, -0.2) is 52.1 Å². The van der Waals surface area contributed by atoms with Crippen molar-refractivity contribution < 1.29 is 26.5 Å². The van der Waals surface area contributed by atoms with E-state index in [1.807, 2.05) is 5.32 Å². The second-order valence-electron chi connectivity index (χ2n) is 7.04. The Bertz CT molecular complexity index is 1170. The van der Waals surface area contributed by atoms with Crippen molar-refractivity contribution >= 4 is 17.5 Å². The van der Waals surface area contributed by atoms with E-state index in [2.05, 4.69) is 15.4 Å². The number of urea groups is 1. The van der Waals surface area contributed by atoms with Crippen LogP contribution in [0.25, 0.3) is 5.65 Å². The van der Waals surface area contributed by atoms with Crippen LogP contribution in [-0.2, 0) is 11.6 Å². The molecule has 7 nitrogen and oxygen atoms in total. The smallest absolute Gasteiger partial charge is 0.369 e. The fourth-order valence-corrected chi connectivity index (χ4v) is 3.53. The first-order valence-corrected chi connectivity index (χ1v) is 8.86. The second-order valence-corrected chi connectivity index (χ2v) is 7.04.